The molecular weight excluding hydrogens is 359 g/mol. The summed E-state index contributed by atoms with van der Waals surface area (Å²) in [6.45, 7) is 2.24. The molecule has 0 amide bonds. The molecule has 0 bridgehead atoms. The summed E-state index contributed by atoms with van der Waals surface area (Å²) in [6.07, 6.45) is 0. The van der Waals surface area contributed by atoms with Gasteiger partial charge in [-0.2, -0.15) is 0 Å². The largest absolute Gasteiger partial charge is 0.466 e. The third-order valence-electron chi connectivity index (χ3n) is 4.09. The van der Waals surface area contributed by atoms with E-state index in [0.29, 0.717) is 5.70 Å². The second-order valence-electron chi connectivity index (χ2n) is 5.69. The van der Waals surface area contributed by atoms with Crippen LogP contribution in [0.15, 0.2) is 46.8 Å². The minimum atomic E-state index is -1.07. The molecule has 0 radical (unpaired) electrons. The Kier molecular flexibility index (Phi) is 6.27. The molecule has 1 heterocycles. The third-order valence-corrected chi connectivity index (χ3v) is 4.09. The number of nitro benzene ring substituents is 1. The summed E-state index contributed by atoms with van der Waals surface area (Å²) in [4.78, 5) is 35.5. The molecule has 0 saturated heterocycles. The second-order valence-corrected chi connectivity index (χ2v) is 5.69. The molecule has 0 spiro atoms. The Bertz CT molecular complexity index is 846. The zero-order valence-electron chi connectivity index (χ0n) is 15.1. The Balaban J connectivity index is 2.74. The molecule has 0 aliphatic carbocycles. The lowest BCUT2D eigenvalue weighted by atomic mass is 9.80. The van der Waals surface area contributed by atoms with Crippen LogP contribution in [0.25, 0.3) is 0 Å². The summed E-state index contributed by atoms with van der Waals surface area (Å²) in [5.74, 6) is -2.62. The van der Waals surface area contributed by atoms with Crippen LogP contribution in [0.3, 0.4) is 0 Å². The number of rotatable bonds is 6. The molecule has 1 atom stereocenters. The number of alkyl halides is 1. The molecule has 9 heteroatoms. The fourth-order valence-electron chi connectivity index (χ4n) is 2.98. The number of allylic oxidation sites excluding steroid dienone is 2. The van der Waals surface area contributed by atoms with Crippen molar-refractivity contribution < 1.29 is 28.4 Å². The molecule has 1 N–H and O–H groups in total. The summed E-state index contributed by atoms with van der Waals surface area (Å²) in [7, 11) is 1.13. The van der Waals surface area contributed by atoms with Crippen molar-refractivity contribution in [2.75, 3.05) is 20.4 Å². The summed E-state index contributed by atoms with van der Waals surface area (Å²) in [5.41, 5.74) is 0.218. The number of dihydropyridines is 1. The molecule has 1 aliphatic rings. The third kappa shape index (κ3) is 3.97. The predicted molar refractivity (Wildman–Crippen MR) is 93.3 cm³/mol. The maximum atomic E-state index is 13.6. The van der Waals surface area contributed by atoms with Gasteiger partial charge in [0.2, 0.25) is 0 Å². The smallest absolute Gasteiger partial charge is 0.336 e. The van der Waals surface area contributed by atoms with Gasteiger partial charge in [-0.15, -0.1) is 0 Å². The second kappa shape index (κ2) is 8.43. The Morgan fingerprint density at radius 2 is 2.00 bits per heavy atom. The van der Waals surface area contributed by atoms with Crippen molar-refractivity contribution >= 4 is 17.6 Å². The molecule has 0 saturated carbocycles. The molecule has 144 valence electrons. The number of nitro groups is 1. The van der Waals surface area contributed by atoms with Crippen LogP contribution in [0.2, 0.25) is 0 Å². The maximum Gasteiger partial charge on any atom is 0.336 e. The number of halogens is 1. The van der Waals surface area contributed by atoms with Crippen LogP contribution < -0.4 is 5.32 Å². The monoisotopic (exact) mass is 378 g/mol. The SMILES string of the molecule is CCOC(=O)C1=C(C)NC(CF)=C(C(=O)OC)C1c1cccc([N+](=O)[O-])c1. The molecule has 2 rings (SSSR count). The summed E-state index contributed by atoms with van der Waals surface area (Å²) in [6, 6.07) is 5.47. The number of carbonyl (C=O) groups excluding carboxylic acids is 2. The number of benzene rings is 1. The van der Waals surface area contributed by atoms with Gasteiger partial charge in [0, 0.05) is 17.8 Å². The Morgan fingerprint density at radius 1 is 1.30 bits per heavy atom. The average molecular weight is 378 g/mol. The van der Waals surface area contributed by atoms with E-state index in [9.17, 15) is 24.1 Å². The van der Waals surface area contributed by atoms with Crippen molar-refractivity contribution in [1.29, 1.82) is 0 Å². The molecule has 0 fully saturated rings. The fourth-order valence-corrected chi connectivity index (χ4v) is 2.98. The Labute approximate surface area is 154 Å². The first kappa shape index (κ1) is 20.1. The molecule has 0 aromatic heterocycles. The lowest BCUT2D eigenvalue weighted by Gasteiger charge is -2.30. The first-order valence-electron chi connectivity index (χ1n) is 8.12. The van der Waals surface area contributed by atoms with Gasteiger partial charge in [-0.25, -0.2) is 14.0 Å². The van der Waals surface area contributed by atoms with Gasteiger partial charge in [0.15, 0.2) is 0 Å². The number of carbonyl (C=O) groups is 2. The molecule has 1 unspecified atom stereocenters. The number of esters is 2. The normalized spacial score (nSPS) is 16.7. The van der Waals surface area contributed by atoms with Crippen LogP contribution in [0.4, 0.5) is 10.1 Å². The van der Waals surface area contributed by atoms with Crippen molar-refractivity contribution in [3.63, 3.8) is 0 Å². The number of nitrogens with zero attached hydrogens (tertiary/aromatic N) is 1. The van der Waals surface area contributed by atoms with Gasteiger partial charge in [0.05, 0.1) is 41.4 Å². The standard InChI is InChI=1S/C18H19FN2O6/c1-4-27-18(23)14-10(2)20-13(9-19)16(17(22)26-3)15(14)11-6-5-7-12(8-11)21(24)25/h5-8,15,20H,4,9H2,1-3H3. The highest BCUT2D eigenvalue weighted by molar-refractivity contribution is 6.00. The summed E-state index contributed by atoms with van der Waals surface area (Å²) in [5, 5.41) is 13.8. The summed E-state index contributed by atoms with van der Waals surface area (Å²) < 4.78 is 23.4. The number of methoxy groups -OCH3 is 1. The van der Waals surface area contributed by atoms with Gasteiger partial charge in [-0.05, 0) is 19.4 Å². The van der Waals surface area contributed by atoms with Crippen LogP contribution in [0, 0.1) is 10.1 Å². The molecule has 1 aliphatic heterocycles. The quantitative estimate of drug-likeness (QED) is 0.460. The van der Waals surface area contributed by atoms with E-state index in [2.05, 4.69) is 5.32 Å². The molecule has 1 aromatic carbocycles. The lowest BCUT2D eigenvalue weighted by Crippen LogP contribution is -2.33. The van der Waals surface area contributed by atoms with Crippen molar-refractivity contribution in [3.05, 3.63) is 62.5 Å². The van der Waals surface area contributed by atoms with Crippen LogP contribution in [-0.4, -0.2) is 37.3 Å². The van der Waals surface area contributed by atoms with Crippen molar-refractivity contribution in [1.82, 2.24) is 5.32 Å². The number of hydrogen-bond donors (Lipinski definition) is 1. The van der Waals surface area contributed by atoms with E-state index in [1.165, 1.54) is 24.3 Å². The Hall–Kier alpha value is -3.23. The van der Waals surface area contributed by atoms with E-state index < -0.39 is 29.5 Å². The highest BCUT2D eigenvalue weighted by atomic mass is 19.1. The van der Waals surface area contributed by atoms with Gasteiger partial charge in [-0.3, -0.25) is 10.1 Å². The van der Waals surface area contributed by atoms with Crippen molar-refractivity contribution in [2.24, 2.45) is 0 Å². The number of ether oxygens (including phenoxy) is 2. The molecule has 1 aromatic rings. The van der Waals surface area contributed by atoms with Crippen LogP contribution in [-0.2, 0) is 19.1 Å². The maximum absolute atomic E-state index is 13.6. The van der Waals surface area contributed by atoms with Crippen LogP contribution in [0.5, 0.6) is 0 Å². The molecule has 8 nitrogen and oxygen atoms in total. The van der Waals surface area contributed by atoms with E-state index in [4.69, 9.17) is 9.47 Å². The van der Waals surface area contributed by atoms with Crippen molar-refractivity contribution in [3.8, 4) is 0 Å². The number of nitrogens with one attached hydrogen (secondary N) is 1. The summed E-state index contributed by atoms with van der Waals surface area (Å²) >= 11 is 0. The van der Waals surface area contributed by atoms with E-state index in [0.717, 1.165) is 7.11 Å². The van der Waals surface area contributed by atoms with Gasteiger partial charge < -0.3 is 14.8 Å². The van der Waals surface area contributed by atoms with E-state index >= 15 is 0 Å². The van der Waals surface area contributed by atoms with Gasteiger partial charge >= 0.3 is 11.9 Å². The van der Waals surface area contributed by atoms with Crippen LogP contribution >= 0.6 is 0 Å². The Morgan fingerprint density at radius 3 is 2.56 bits per heavy atom. The first-order valence-corrected chi connectivity index (χ1v) is 8.12. The zero-order valence-corrected chi connectivity index (χ0v) is 15.1. The van der Waals surface area contributed by atoms with Crippen molar-refractivity contribution in [2.45, 2.75) is 19.8 Å². The molecular formula is C18H19FN2O6. The topological polar surface area (TPSA) is 108 Å². The van der Waals surface area contributed by atoms with E-state index in [1.54, 1.807) is 13.8 Å². The zero-order chi connectivity index (χ0) is 20.1. The van der Waals surface area contributed by atoms with Crippen LogP contribution in [0.1, 0.15) is 25.3 Å². The van der Waals surface area contributed by atoms with Gasteiger partial charge in [-0.1, -0.05) is 12.1 Å². The number of non-ortho nitro benzene ring substituents is 1. The lowest BCUT2D eigenvalue weighted by molar-refractivity contribution is -0.384. The predicted octanol–water partition coefficient (Wildman–Crippen LogP) is 2.52. The first-order chi connectivity index (χ1) is 12.8. The van der Waals surface area contributed by atoms with Gasteiger partial charge in [0.25, 0.3) is 5.69 Å². The minimum absolute atomic E-state index is 0.0648. The minimum Gasteiger partial charge on any atom is -0.466 e. The molecule has 27 heavy (non-hydrogen) atoms. The van der Waals surface area contributed by atoms with Gasteiger partial charge in [0.1, 0.15) is 6.67 Å². The highest BCUT2D eigenvalue weighted by Crippen LogP contribution is 2.40. The van der Waals surface area contributed by atoms with E-state index in [-0.39, 0.29) is 34.7 Å². The van der Waals surface area contributed by atoms with E-state index in [1.807, 2.05) is 0 Å². The average Bonchev–Trinajstić information content (AvgIpc) is 2.66. The highest BCUT2D eigenvalue weighted by Gasteiger charge is 2.39. The number of hydrogen-bond acceptors (Lipinski definition) is 7. The fraction of sp³-hybridized carbons (Fsp3) is 0.333.